The minimum atomic E-state index is -0.783. The number of aliphatic hydroxyl groups excluding tert-OH is 1. The van der Waals surface area contributed by atoms with Gasteiger partial charge < -0.3 is 25.2 Å². The van der Waals surface area contributed by atoms with Crippen LogP contribution in [0.15, 0.2) is 48.5 Å². The highest BCUT2D eigenvalue weighted by atomic mass is 16.5. The van der Waals surface area contributed by atoms with Crippen LogP contribution < -0.4 is 10.1 Å². The number of aliphatic hydroxyl groups is 2. The fourth-order valence-electron chi connectivity index (χ4n) is 3.98. The van der Waals surface area contributed by atoms with Crippen molar-refractivity contribution in [3.63, 3.8) is 0 Å². The number of anilines is 1. The molecule has 1 saturated heterocycles. The summed E-state index contributed by atoms with van der Waals surface area (Å²) in [4.78, 5) is 13.6. The molecule has 0 bridgehead atoms. The number of fused-ring (bicyclic) bond motifs is 1. The number of carbonyl (C=O) groups excluding carboxylic acids is 1. The molecule has 6 heteroatoms. The lowest BCUT2D eigenvalue weighted by atomic mass is 9.84. The second-order valence-corrected chi connectivity index (χ2v) is 7.71. The van der Waals surface area contributed by atoms with Gasteiger partial charge in [0.15, 0.2) is 0 Å². The van der Waals surface area contributed by atoms with Crippen LogP contribution in [-0.4, -0.2) is 53.4 Å². The second kappa shape index (κ2) is 7.91. The van der Waals surface area contributed by atoms with E-state index in [4.69, 9.17) is 4.74 Å². The zero-order valence-electron chi connectivity index (χ0n) is 15.8. The Labute approximate surface area is 164 Å². The lowest BCUT2D eigenvalue weighted by Crippen LogP contribution is -2.46. The molecule has 28 heavy (non-hydrogen) atoms. The van der Waals surface area contributed by atoms with Crippen LogP contribution in [0.5, 0.6) is 5.75 Å². The van der Waals surface area contributed by atoms with Crippen LogP contribution in [0.25, 0.3) is 0 Å². The maximum Gasteiger partial charge on any atom is 0.228 e. The minimum absolute atomic E-state index is 0.00672. The van der Waals surface area contributed by atoms with Gasteiger partial charge in [-0.05, 0) is 42.2 Å². The third-order valence-electron chi connectivity index (χ3n) is 5.61. The SMILES string of the molecule is O=C1Cc2cc(OC[C@H](O)CN3CCC(O)(c4ccccc4)CC3)ccc2N1. The van der Waals surface area contributed by atoms with Crippen molar-refractivity contribution >= 4 is 11.6 Å². The number of piperidine rings is 1. The van der Waals surface area contributed by atoms with E-state index in [-0.39, 0.29) is 12.5 Å². The Bertz CT molecular complexity index is 832. The number of likely N-dealkylation sites (tertiary alicyclic amines) is 1. The molecule has 148 valence electrons. The zero-order valence-corrected chi connectivity index (χ0v) is 15.8. The van der Waals surface area contributed by atoms with Crippen molar-refractivity contribution in [3.05, 3.63) is 59.7 Å². The number of ether oxygens (including phenoxy) is 1. The second-order valence-electron chi connectivity index (χ2n) is 7.71. The van der Waals surface area contributed by atoms with E-state index in [9.17, 15) is 15.0 Å². The molecule has 2 aliphatic heterocycles. The van der Waals surface area contributed by atoms with Gasteiger partial charge in [0, 0.05) is 25.3 Å². The number of β-amino-alcohol motifs (C(OH)–C–C–N with tert-alkyl or cyclic N) is 1. The largest absolute Gasteiger partial charge is 0.491 e. The van der Waals surface area contributed by atoms with Crippen molar-refractivity contribution in [2.24, 2.45) is 0 Å². The van der Waals surface area contributed by atoms with Crippen molar-refractivity contribution in [2.45, 2.75) is 31.0 Å². The molecule has 6 nitrogen and oxygen atoms in total. The highest BCUT2D eigenvalue weighted by Crippen LogP contribution is 2.32. The summed E-state index contributed by atoms with van der Waals surface area (Å²) in [5.41, 5.74) is 1.93. The summed E-state index contributed by atoms with van der Waals surface area (Å²) in [5.74, 6) is 0.652. The van der Waals surface area contributed by atoms with Gasteiger partial charge in [0.1, 0.15) is 18.5 Å². The molecule has 0 aromatic heterocycles. The van der Waals surface area contributed by atoms with Gasteiger partial charge in [-0.25, -0.2) is 0 Å². The maximum absolute atomic E-state index is 11.4. The third-order valence-corrected chi connectivity index (χ3v) is 5.61. The van der Waals surface area contributed by atoms with Crippen molar-refractivity contribution in [1.29, 1.82) is 0 Å². The van der Waals surface area contributed by atoms with Gasteiger partial charge in [-0.3, -0.25) is 4.79 Å². The molecular formula is C22H26N2O4. The third kappa shape index (κ3) is 4.19. The number of benzene rings is 2. The van der Waals surface area contributed by atoms with Gasteiger partial charge in [-0.1, -0.05) is 30.3 Å². The molecule has 1 atom stereocenters. The Morgan fingerprint density at radius 2 is 1.89 bits per heavy atom. The number of carbonyl (C=O) groups is 1. The molecule has 2 heterocycles. The first-order chi connectivity index (χ1) is 13.5. The monoisotopic (exact) mass is 382 g/mol. The molecular weight excluding hydrogens is 356 g/mol. The summed E-state index contributed by atoms with van der Waals surface area (Å²) in [6.07, 6.45) is 1.05. The molecule has 0 saturated carbocycles. The van der Waals surface area contributed by atoms with Crippen LogP contribution in [0.3, 0.4) is 0 Å². The molecule has 0 spiro atoms. The van der Waals surface area contributed by atoms with Crippen LogP contribution >= 0.6 is 0 Å². The summed E-state index contributed by atoms with van der Waals surface area (Å²) in [6, 6.07) is 15.3. The van der Waals surface area contributed by atoms with Crippen molar-refractivity contribution < 1.29 is 19.7 Å². The summed E-state index contributed by atoms with van der Waals surface area (Å²) in [5, 5.41) is 24.0. The van der Waals surface area contributed by atoms with E-state index in [0.717, 1.165) is 29.9 Å². The Balaban J connectivity index is 1.25. The predicted molar refractivity (Wildman–Crippen MR) is 106 cm³/mol. The lowest BCUT2D eigenvalue weighted by Gasteiger charge is -2.39. The molecule has 1 amide bonds. The summed E-state index contributed by atoms with van der Waals surface area (Å²) in [6.45, 7) is 2.17. The highest BCUT2D eigenvalue weighted by Gasteiger charge is 2.34. The van der Waals surface area contributed by atoms with Crippen LogP contribution in [0, 0.1) is 0 Å². The Morgan fingerprint density at radius 1 is 1.14 bits per heavy atom. The average Bonchev–Trinajstić information content (AvgIpc) is 3.08. The molecule has 0 aliphatic carbocycles. The number of amides is 1. The van der Waals surface area contributed by atoms with E-state index in [1.807, 2.05) is 42.5 Å². The minimum Gasteiger partial charge on any atom is -0.491 e. The van der Waals surface area contributed by atoms with Gasteiger partial charge in [0.25, 0.3) is 0 Å². The van der Waals surface area contributed by atoms with Gasteiger partial charge in [-0.15, -0.1) is 0 Å². The molecule has 2 aliphatic rings. The highest BCUT2D eigenvalue weighted by molar-refractivity contribution is 5.99. The van der Waals surface area contributed by atoms with Gasteiger partial charge in [0.2, 0.25) is 5.91 Å². The first-order valence-electron chi connectivity index (χ1n) is 9.76. The van der Waals surface area contributed by atoms with E-state index in [0.29, 0.717) is 31.6 Å². The van der Waals surface area contributed by atoms with Crippen molar-refractivity contribution in [3.8, 4) is 5.75 Å². The molecule has 4 rings (SSSR count). The first-order valence-corrected chi connectivity index (χ1v) is 9.76. The molecule has 3 N–H and O–H groups in total. The summed E-state index contributed by atoms with van der Waals surface area (Å²) in [7, 11) is 0. The normalized spacial score (nSPS) is 19.7. The van der Waals surface area contributed by atoms with Crippen LogP contribution in [0.4, 0.5) is 5.69 Å². The predicted octanol–water partition coefficient (Wildman–Crippen LogP) is 1.90. The maximum atomic E-state index is 11.4. The Hall–Kier alpha value is -2.41. The van der Waals surface area contributed by atoms with Gasteiger partial charge >= 0.3 is 0 Å². The number of nitrogens with zero attached hydrogens (tertiary/aromatic N) is 1. The van der Waals surface area contributed by atoms with Crippen molar-refractivity contribution in [1.82, 2.24) is 4.90 Å². The van der Waals surface area contributed by atoms with Crippen LogP contribution in [-0.2, 0) is 16.8 Å². The topological polar surface area (TPSA) is 82.0 Å². The molecule has 2 aromatic carbocycles. The fraction of sp³-hybridized carbons (Fsp3) is 0.409. The Morgan fingerprint density at radius 3 is 2.64 bits per heavy atom. The van der Waals surface area contributed by atoms with Gasteiger partial charge in [-0.2, -0.15) is 0 Å². The molecule has 1 fully saturated rings. The quantitative estimate of drug-likeness (QED) is 0.711. The van der Waals surface area contributed by atoms with Gasteiger partial charge in [0.05, 0.1) is 12.0 Å². The standard InChI is InChI=1S/C22H26N2O4/c25-18(15-28-19-6-7-20-16(12-19)13-21(26)23-20)14-24-10-8-22(27,9-11-24)17-4-2-1-3-5-17/h1-7,12,18,25,27H,8-11,13-15H2,(H,23,26)/t18-/m1/s1. The first kappa shape index (κ1) is 18.9. The molecule has 0 unspecified atom stereocenters. The average molecular weight is 382 g/mol. The van der Waals surface area contributed by atoms with E-state index >= 15 is 0 Å². The Kier molecular flexibility index (Phi) is 5.35. The number of hydrogen-bond donors (Lipinski definition) is 3. The lowest BCUT2D eigenvalue weighted by molar-refractivity contribution is -0.115. The van der Waals surface area contributed by atoms with E-state index in [2.05, 4.69) is 10.2 Å². The molecule has 0 radical (unpaired) electrons. The fourth-order valence-corrected chi connectivity index (χ4v) is 3.98. The number of hydrogen-bond acceptors (Lipinski definition) is 5. The van der Waals surface area contributed by atoms with Crippen LogP contribution in [0.1, 0.15) is 24.0 Å². The van der Waals surface area contributed by atoms with E-state index < -0.39 is 11.7 Å². The summed E-state index contributed by atoms with van der Waals surface area (Å²) >= 11 is 0. The van der Waals surface area contributed by atoms with Crippen LogP contribution in [0.2, 0.25) is 0 Å². The van der Waals surface area contributed by atoms with Crippen molar-refractivity contribution in [2.75, 3.05) is 31.6 Å². The summed E-state index contributed by atoms with van der Waals surface area (Å²) < 4.78 is 5.71. The smallest absolute Gasteiger partial charge is 0.228 e. The zero-order chi connectivity index (χ0) is 19.6. The number of nitrogens with one attached hydrogen (secondary N) is 1. The number of rotatable bonds is 6. The van der Waals surface area contributed by atoms with E-state index in [1.165, 1.54) is 0 Å². The van der Waals surface area contributed by atoms with E-state index in [1.54, 1.807) is 6.07 Å². The molecule has 2 aromatic rings.